The summed E-state index contributed by atoms with van der Waals surface area (Å²) < 4.78 is 32.7. The van der Waals surface area contributed by atoms with Crippen LogP contribution in [0.15, 0.2) is 20.1 Å². The summed E-state index contributed by atoms with van der Waals surface area (Å²) >= 11 is 6.10. The van der Waals surface area contributed by atoms with Gasteiger partial charge < -0.3 is 14.2 Å². The van der Waals surface area contributed by atoms with Gasteiger partial charge in [0.2, 0.25) is 11.1 Å². The minimum Gasteiger partial charge on any atom is -0.456 e. The highest BCUT2D eigenvalue weighted by Gasteiger charge is 2.58. The van der Waals surface area contributed by atoms with Gasteiger partial charge in [-0.25, -0.2) is 4.99 Å². The van der Waals surface area contributed by atoms with Crippen LogP contribution in [-0.4, -0.2) is 88.6 Å². The molecule has 4 rings (SSSR count). The molecule has 4 aliphatic heterocycles. The molecule has 11 nitrogen and oxygen atoms in total. The van der Waals surface area contributed by atoms with Crippen LogP contribution < -0.4 is 0 Å². The lowest BCUT2D eigenvalue weighted by Crippen LogP contribution is -2.53. The van der Waals surface area contributed by atoms with Gasteiger partial charge in [0, 0.05) is 26.9 Å². The normalized spacial score (nSPS) is 35.5. The van der Waals surface area contributed by atoms with Gasteiger partial charge in [0.25, 0.3) is 0 Å². The molecule has 5 atom stereocenters. The minimum absolute atomic E-state index is 0.217. The number of ether oxygens (including phenoxy) is 3. The van der Waals surface area contributed by atoms with E-state index in [1.807, 2.05) is 0 Å². The number of alkyl halides is 1. The van der Waals surface area contributed by atoms with Crippen molar-refractivity contribution in [3.05, 3.63) is 0 Å². The topological polar surface area (TPSA) is 118 Å². The molecule has 0 amide bonds. The summed E-state index contributed by atoms with van der Waals surface area (Å²) in [6, 6.07) is 0. The Morgan fingerprint density at radius 2 is 1.84 bits per heavy atom. The smallest absolute Gasteiger partial charge is 0.321 e. The number of aliphatic imine (C=N–C) groups is 3. The fourth-order valence-electron chi connectivity index (χ4n) is 4.07. The number of amidine groups is 3. The summed E-state index contributed by atoms with van der Waals surface area (Å²) in [6.45, 7) is 5.45. The first kappa shape index (κ1) is 22.6. The van der Waals surface area contributed by atoms with E-state index < -0.39 is 42.3 Å². The second kappa shape index (κ2) is 8.74. The number of hydrogen-bond donors (Lipinski definition) is 0. The fourth-order valence-corrected chi connectivity index (χ4v) is 4.23. The molecule has 0 spiro atoms. The Hall–Kier alpha value is -2.60. The number of rotatable bonds is 4. The van der Waals surface area contributed by atoms with Crippen LogP contribution in [-0.2, 0) is 23.8 Å². The predicted molar refractivity (Wildman–Crippen MR) is 113 cm³/mol. The summed E-state index contributed by atoms with van der Waals surface area (Å²) in [5, 5.41) is 5.86. The van der Waals surface area contributed by atoms with Crippen molar-refractivity contribution in [3.8, 4) is 0 Å². The zero-order chi connectivity index (χ0) is 23.0. The number of piperidine rings is 1. The van der Waals surface area contributed by atoms with Gasteiger partial charge in [-0.3, -0.25) is 19.5 Å². The number of carbonyl (C=O) groups excluding carboxylic acids is 2. The Morgan fingerprint density at radius 3 is 2.50 bits per heavy atom. The molecule has 32 heavy (non-hydrogen) atoms. The van der Waals surface area contributed by atoms with Gasteiger partial charge in [-0.15, -0.1) is 0 Å². The van der Waals surface area contributed by atoms with Crippen LogP contribution in [0.5, 0.6) is 0 Å². The number of nitrogens with zero attached hydrogens (tertiary/aromatic N) is 6. The van der Waals surface area contributed by atoms with Crippen molar-refractivity contribution >= 4 is 46.8 Å². The fraction of sp³-hybridized carbons (Fsp3) is 0.684. The van der Waals surface area contributed by atoms with E-state index in [1.165, 1.54) is 25.1 Å². The van der Waals surface area contributed by atoms with Crippen molar-refractivity contribution in [1.29, 1.82) is 0 Å². The lowest BCUT2D eigenvalue weighted by molar-refractivity contribution is -0.165. The molecule has 2 saturated heterocycles. The first-order valence-electron chi connectivity index (χ1n) is 10.4. The highest BCUT2D eigenvalue weighted by Crippen LogP contribution is 2.36. The molecular formula is C19H24ClFN6O5. The third kappa shape index (κ3) is 4.20. The maximum atomic E-state index is 16.1. The molecule has 0 aromatic heterocycles. The molecule has 13 heteroatoms. The number of hydrogen-bond acceptors (Lipinski definition) is 10. The number of esters is 2. The van der Waals surface area contributed by atoms with Gasteiger partial charge in [-0.1, -0.05) is 0 Å². The van der Waals surface area contributed by atoms with Crippen LogP contribution in [0.3, 0.4) is 0 Å². The number of fused-ring (bicyclic) bond motifs is 1. The number of hydrazone groups is 1. The SMILES string of the molecule is CC(=O)O[C@@H]1[C@H](OC(C)=O)[C@@H](C)O[C@H]1N1C=NC2(F)C(=NN3CCCCC3)N=C(Cl)N=C12. The van der Waals surface area contributed by atoms with E-state index in [9.17, 15) is 9.59 Å². The quantitative estimate of drug-likeness (QED) is 0.450. The largest absolute Gasteiger partial charge is 0.456 e. The molecule has 1 unspecified atom stereocenters. The summed E-state index contributed by atoms with van der Waals surface area (Å²) in [6.07, 6.45) is 0.492. The van der Waals surface area contributed by atoms with Gasteiger partial charge in [-0.2, -0.15) is 19.5 Å². The highest BCUT2D eigenvalue weighted by molar-refractivity contribution is 6.67. The lowest BCUT2D eigenvalue weighted by atomic mass is 10.1. The summed E-state index contributed by atoms with van der Waals surface area (Å²) in [5.74, 6) is -4.12. The van der Waals surface area contributed by atoms with E-state index in [0.29, 0.717) is 13.1 Å². The van der Waals surface area contributed by atoms with Gasteiger partial charge in [-0.05, 0) is 37.8 Å². The molecule has 0 aliphatic carbocycles. The highest BCUT2D eigenvalue weighted by atomic mass is 35.5. The summed E-state index contributed by atoms with van der Waals surface area (Å²) in [5.41, 5.74) is 0. The van der Waals surface area contributed by atoms with Gasteiger partial charge in [0.1, 0.15) is 0 Å². The van der Waals surface area contributed by atoms with E-state index in [-0.39, 0.29) is 17.0 Å². The lowest BCUT2D eigenvalue weighted by Gasteiger charge is -2.32. The molecule has 0 bridgehead atoms. The molecular weight excluding hydrogens is 447 g/mol. The first-order valence-corrected chi connectivity index (χ1v) is 10.8. The van der Waals surface area contributed by atoms with Crippen LogP contribution in [0, 0.1) is 0 Å². The van der Waals surface area contributed by atoms with E-state index in [1.54, 1.807) is 11.9 Å². The molecule has 2 fully saturated rings. The van der Waals surface area contributed by atoms with E-state index in [0.717, 1.165) is 19.3 Å². The average molecular weight is 471 g/mol. The van der Waals surface area contributed by atoms with Gasteiger partial charge >= 0.3 is 17.7 Å². The van der Waals surface area contributed by atoms with E-state index in [2.05, 4.69) is 20.1 Å². The Balaban J connectivity index is 1.65. The standard InChI is InChI=1S/C19H24ClFN6O5/c1-10-13(31-11(2)28)14(32-12(3)29)15(30-10)27-9-22-19(21)16(23-18(20)24-17(19)27)25-26-7-5-4-6-8-26/h9-10,13-15H,4-8H2,1-3H3/t10-,13-,14-,15-,19?/m1/s1. The van der Waals surface area contributed by atoms with Crippen molar-refractivity contribution in [2.75, 3.05) is 13.1 Å². The van der Waals surface area contributed by atoms with Crippen molar-refractivity contribution in [3.63, 3.8) is 0 Å². The predicted octanol–water partition coefficient (Wildman–Crippen LogP) is 1.41. The number of carbonyl (C=O) groups is 2. The summed E-state index contributed by atoms with van der Waals surface area (Å²) in [4.78, 5) is 36.6. The average Bonchev–Trinajstić information content (AvgIpc) is 3.20. The monoisotopic (exact) mass is 470 g/mol. The minimum atomic E-state index is -2.48. The summed E-state index contributed by atoms with van der Waals surface area (Å²) in [7, 11) is 0. The second-order valence-electron chi connectivity index (χ2n) is 7.91. The number of halogens is 2. The molecule has 0 radical (unpaired) electrons. The molecule has 0 aromatic rings. The van der Waals surface area contributed by atoms with Crippen LogP contribution in [0.2, 0.25) is 0 Å². The van der Waals surface area contributed by atoms with Crippen LogP contribution in [0.4, 0.5) is 4.39 Å². The maximum Gasteiger partial charge on any atom is 0.321 e. The molecule has 0 N–H and O–H groups in total. The van der Waals surface area contributed by atoms with Crippen molar-refractivity contribution in [2.45, 2.75) is 70.4 Å². The molecule has 4 aliphatic rings. The third-order valence-electron chi connectivity index (χ3n) is 5.46. The second-order valence-corrected chi connectivity index (χ2v) is 8.25. The van der Waals surface area contributed by atoms with Crippen LogP contribution in [0.25, 0.3) is 0 Å². The molecule has 174 valence electrons. The van der Waals surface area contributed by atoms with Gasteiger partial charge in [0.15, 0.2) is 24.3 Å². The Morgan fingerprint density at radius 1 is 1.19 bits per heavy atom. The zero-order valence-electron chi connectivity index (χ0n) is 17.9. The first-order chi connectivity index (χ1) is 15.2. The molecule has 0 saturated carbocycles. The Bertz CT molecular complexity index is 920. The molecule has 4 heterocycles. The van der Waals surface area contributed by atoms with E-state index >= 15 is 4.39 Å². The Kier molecular flexibility index (Phi) is 6.17. The van der Waals surface area contributed by atoms with Crippen molar-refractivity contribution < 1.29 is 28.2 Å². The van der Waals surface area contributed by atoms with Gasteiger partial charge in [0.05, 0.1) is 12.4 Å². The zero-order valence-corrected chi connectivity index (χ0v) is 18.7. The van der Waals surface area contributed by atoms with Crippen LogP contribution in [0.1, 0.15) is 40.0 Å². The molecule has 0 aromatic carbocycles. The van der Waals surface area contributed by atoms with Crippen molar-refractivity contribution in [2.24, 2.45) is 20.1 Å². The van der Waals surface area contributed by atoms with E-state index in [4.69, 9.17) is 25.8 Å². The third-order valence-corrected chi connectivity index (χ3v) is 5.63. The maximum absolute atomic E-state index is 16.1. The van der Waals surface area contributed by atoms with Crippen LogP contribution >= 0.6 is 11.6 Å². The van der Waals surface area contributed by atoms with Crippen molar-refractivity contribution in [1.82, 2.24) is 9.91 Å². The Labute approximate surface area is 188 Å².